The van der Waals surface area contributed by atoms with Crippen LogP contribution in [0.3, 0.4) is 0 Å². The topological polar surface area (TPSA) is 28.7 Å². The number of aromatic amines is 1. The fourth-order valence-corrected chi connectivity index (χ4v) is 1.74. The molecule has 3 rings (SSSR count). The van der Waals surface area contributed by atoms with E-state index >= 15 is 0 Å². The fourth-order valence-electron chi connectivity index (χ4n) is 1.74. The second-order valence-corrected chi connectivity index (χ2v) is 3.20. The Bertz CT molecular complexity index is 613. The molecule has 0 atom stereocenters. The highest BCUT2D eigenvalue weighted by molar-refractivity contribution is 6.04. The van der Waals surface area contributed by atoms with E-state index in [1.165, 1.54) is 6.07 Å². The van der Waals surface area contributed by atoms with Crippen molar-refractivity contribution in [3.63, 3.8) is 0 Å². The molecule has 0 spiro atoms. The Hall–Kier alpha value is -1.90. The molecule has 0 aliphatic rings. The highest BCUT2D eigenvalue weighted by Crippen LogP contribution is 2.24. The van der Waals surface area contributed by atoms with Crippen LogP contribution in [0.15, 0.2) is 36.7 Å². The molecule has 0 aliphatic carbocycles. The van der Waals surface area contributed by atoms with Gasteiger partial charge in [0.15, 0.2) is 0 Å². The Morgan fingerprint density at radius 3 is 3.14 bits per heavy atom. The minimum absolute atomic E-state index is 0.271. The maximum absolute atomic E-state index is 13.5. The first kappa shape index (κ1) is 7.50. The van der Waals surface area contributed by atoms with E-state index in [9.17, 15) is 4.39 Å². The zero-order valence-corrected chi connectivity index (χ0v) is 7.29. The van der Waals surface area contributed by atoms with Gasteiger partial charge in [-0.15, -0.1) is 0 Å². The number of halogens is 1. The summed E-state index contributed by atoms with van der Waals surface area (Å²) in [5, 5.41) is 1.70. The number of aromatic nitrogens is 2. The summed E-state index contributed by atoms with van der Waals surface area (Å²) in [6, 6.07) is 7.03. The second kappa shape index (κ2) is 2.54. The van der Waals surface area contributed by atoms with Crippen molar-refractivity contribution < 1.29 is 4.39 Å². The van der Waals surface area contributed by atoms with Gasteiger partial charge in [0, 0.05) is 23.2 Å². The number of nitrogens with one attached hydrogen (secondary N) is 1. The summed E-state index contributed by atoms with van der Waals surface area (Å²) in [6.07, 6.45) is 3.40. The van der Waals surface area contributed by atoms with E-state index in [1.807, 2.05) is 18.2 Å². The van der Waals surface area contributed by atoms with E-state index in [2.05, 4.69) is 9.97 Å². The Morgan fingerprint density at radius 1 is 1.29 bits per heavy atom. The lowest BCUT2D eigenvalue weighted by Crippen LogP contribution is -1.84. The largest absolute Gasteiger partial charge is 0.361 e. The van der Waals surface area contributed by atoms with Crippen LogP contribution in [-0.4, -0.2) is 9.97 Å². The molecule has 2 heterocycles. The van der Waals surface area contributed by atoms with Crippen molar-refractivity contribution in [1.29, 1.82) is 0 Å². The molecule has 68 valence electrons. The van der Waals surface area contributed by atoms with E-state index in [4.69, 9.17) is 0 Å². The second-order valence-electron chi connectivity index (χ2n) is 3.20. The number of H-pyrrole nitrogens is 1. The summed E-state index contributed by atoms with van der Waals surface area (Å²) >= 11 is 0. The number of nitrogens with zero attached hydrogens (tertiary/aromatic N) is 1. The third kappa shape index (κ3) is 0.865. The third-order valence-corrected chi connectivity index (χ3v) is 2.36. The van der Waals surface area contributed by atoms with Crippen molar-refractivity contribution in [3.8, 4) is 0 Å². The van der Waals surface area contributed by atoms with Crippen molar-refractivity contribution >= 4 is 21.8 Å². The van der Waals surface area contributed by atoms with Crippen molar-refractivity contribution in [1.82, 2.24) is 9.97 Å². The summed E-state index contributed by atoms with van der Waals surface area (Å²) < 4.78 is 13.5. The quantitative estimate of drug-likeness (QED) is 0.574. The highest BCUT2D eigenvalue weighted by Gasteiger charge is 2.06. The Kier molecular flexibility index (Phi) is 1.36. The lowest BCUT2D eigenvalue weighted by molar-refractivity contribution is 0.638. The summed E-state index contributed by atoms with van der Waals surface area (Å²) in [6.45, 7) is 0. The maximum Gasteiger partial charge on any atom is 0.150 e. The molecular weight excluding hydrogens is 179 g/mol. The van der Waals surface area contributed by atoms with Crippen LogP contribution < -0.4 is 0 Å². The fraction of sp³-hybridized carbons (Fsp3) is 0. The van der Waals surface area contributed by atoms with Crippen LogP contribution in [0.25, 0.3) is 21.8 Å². The highest BCUT2D eigenvalue weighted by atomic mass is 19.1. The molecule has 3 aromatic rings. The van der Waals surface area contributed by atoms with Crippen LogP contribution in [0, 0.1) is 5.82 Å². The zero-order chi connectivity index (χ0) is 9.54. The van der Waals surface area contributed by atoms with Crippen LogP contribution in [0.4, 0.5) is 4.39 Å². The Labute approximate surface area is 79.4 Å². The van der Waals surface area contributed by atoms with Gasteiger partial charge in [-0.05, 0) is 24.3 Å². The molecule has 3 heteroatoms. The van der Waals surface area contributed by atoms with E-state index < -0.39 is 0 Å². The van der Waals surface area contributed by atoms with Gasteiger partial charge in [-0.1, -0.05) is 0 Å². The molecule has 0 unspecified atom stereocenters. The zero-order valence-electron chi connectivity index (χ0n) is 7.29. The number of fused-ring (bicyclic) bond motifs is 3. The lowest BCUT2D eigenvalue weighted by Gasteiger charge is -1.99. The molecule has 1 aromatic carbocycles. The van der Waals surface area contributed by atoms with Crippen LogP contribution in [0.1, 0.15) is 0 Å². The summed E-state index contributed by atoms with van der Waals surface area (Å²) in [7, 11) is 0. The molecule has 0 bridgehead atoms. The molecule has 2 aromatic heterocycles. The smallest absolute Gasteiger partial charge is 0.150 e. The van der Waals surface area contributed by atoms with Gasteiger partial charge >= 0.3 is 0 Å². The lowest BCUT2D eigenvalue weighted by atomic mass is 10.1. The summed E-state index contributed by atoms with van der Waals surface area (Å²) in [4.78, 5) is 7.10. The van der Waals surface area contributed by atoms with Crippen LogP contribution >= 0.6 is 0 Å². The summed E-state index contributed by atoms with van der Waals surface area (Å²) in [5.41, 5.74) is 1.36. The minimum atomic E-state index is -0.271. The van der Waals surface area contributed by atoms with Crippen LogP contribution in [0.2, 0.25) is 0 Å². The monoisotopic (exact) mass is 186 g/mol. The molecule has 0 radical (unpaired) electrons. The van der Waals surface area contributed by atoms with Gasteiger partial charge in [0.05, 0.1) is 5.52 Å². The molecule has 0 fully saturated rings. The van der Waals surface area contributed by atoms with Gasteiger partial charge in [0.25, 0.3) is 0 Å². The molecule has 0 aliphatic heterocycles. The average molecular weight is 186 g/mol. The molecule has 0 amide bonds. The molecular formula is C11H7FN2. The van der Waals surface area contributed by atoms with Gasteiger partial charge in [0.2, 0.25) is 0 Å². The van der Waals surface area contributed by atoms with Crippen molar-refractivity contribution in [2.75, 3.05) is 0 Å². The molecule has 2 nitrogen and oxygen atoms in total. The number of benzene rings is 1. The first-order chi connectivity index (χ1) is 6.86. The van der Waals surface area contributed by atoms with Crippen molar-refractivity contribution in [2.24, 2.45) is 0 Å². The molecule has 0 saturated heterocycles. The first-order valence-corrected chi connectivity index (χ1v) is 4.36. The van der Waals surface area contributed by atoms with Crippen molar-refractivity contribution in [2.45, 2.75) is 0 Å². The molecule has 1 N–H and O–H groups in total. The van der Waals surface area contributed by atoms with Gasteiger partial charge in [-0.25, -0.2) is 4.39 Å². The average Bonchev–Trinajstić information content (AvgIpc) is 2.66. The maximum atomic E-state index is 13.5. The SMILES string of the molecule is Fc1cc2cc[nH]c2c2cccnc12. The predicted octanol–water partition coefficient (Wildman–Crippen LogP) is 2.86. The van der Waals surface area contributed by atoms with Gasteiger partial charge in [0.1, 0.15) is 11.3 Å². The van der Waals surface area contributed by atoms with Gasteiger partial charge in [-0.2, -0.15) is 0 Å². The normalized spacial score (nSPS) is 11.2. The third-order valence-electron chi connectivity index (χ3n) is 2.36. The number of rotatable bonds is 0. The van der Waals surface area contributed by atoms with E-state index in [1.54, 1.807) is 12.4 Å². The molecule has 0 saturated carbocycles. The Balaban J connectivity index is 2.67. The standard InChI is InChI=1S/C11H7FN2/c12-9-6-7-3-5-14-10(7)8-2-1-4-13-11(8)9/h1-6,14H. The van der Waals surface area contributed by atoms with Crippen LogP contribution in [0.5, 0.6) is 0 Å². The Morgan fingerprint density at radius 2 is 2.21 bits per heavy atom. The summed E-state index contributed by atoms with van der Waals surface area (Å²) in [5.74, 6) is -0.271. The van der Waals surface area contributed by atoms with E-state index in [-0.39, 0.29) is 5.82 Å². The first-order valence-electron chi connectivity index (χ1n) is 4.36. The number of pyridine rings is 1. The molecule has 14 heavy (non-hydrogen) atoms. The minimum Gasteiger partial charge on any atom is -0.361 e. The van der Waals surface area contributed by atoms with Gasteiger partial charge < -0.3 is 4.98 Å². The van der Waals surface area contributed by atoms with E-state index in [0.717, 1.165) is 16.3 Å². The predicted molar refractivity (Wildman–Crippen MR) is 53.6 cm³/mol. The van der Waals surface area contributed by atoms with Crippen LogP contribution in [-0.2, 0) is 0 Å². The number of hydrogen-bond acceptors (Lipinski definition) is 1. The van der Waals surface area contributed by atoms with Gasteiger partial charge in [-0.3, -0.25) is 4.98 Å². The number of hydrogen-bond donors (Lipinski definition) is 1. The van der Waals surface area contributed by atoms with Crippen molar-refractivity contribution in [3.05, 3.63) is 42.5 Å². The van der Waals surface area contributed by atoms with E-state index in [0.29, 0.717) is 5.52 Å².